The molecule has 0 aliphatic heterocycles. The molecule has 0 saturated carbocycles. The van der Waals surface area contributed by atoms with Crippen molar-refractivity contribution in [1.82, 2.24) is 10.9 Å². The number of aryl methyl sites for hydroxylation is 2. The molecule has 0 aliphatic rings. The van der Waals surface area contributed by atoms with Gasteiger partial charge >= 0.3 is 0 Å². The summed E-state index contributed by atoms with van der Waals surface area (Å²) in [4.78, 5) is 23.7. The maximum atomic E-state index is 11.9. The second kappa shape index (κ2) is 9.26. The monoisotopic (exact) mass is 384 g/mol. The highest BCUT2D eigenvalue weighted by Gasteiger charge is 2.13. The lowest BCUT2D eigenvalue weighted by atomic mass is 9.87. The molecule has 28 heavy (non-hydrogen) atoms. The highest BCUT2D eigenvalue weighted by Crippen LogP contribution is 2.24. The summed E-state index contributed by atoms with van der Waals surface area (Å²) in [6.07, 6.45) is 0. The zero-order valence-electron chi connectivity index (χ0n) is 17.1. The van der Waals surface area contributed by atoms with Crippen molar-refractivity contribution >= 4 is 11.8 Å². The van der Waals surface area contributed by atoms with Crippen LogP contribution in [0.4, 0.5) is 0 Å². The molecule has 0 spiro atoms. The Morgan fingerprint density at radius 2 is 1.32 bits per heavy atom. The van der Waals surface area contributed by atoms with Gasteiger partial charge in [0.05, 0.1) is 0 Å². The van der Waals surface area contributed by atoms with Gasteiger partial charge in [0.25, 0.3) is 11.8 Å². The average Bonchev–Trinajstić information content (AvgIpc) is 2.64. The molecular weight excluding hydrogens is 356 g/mol. The summed E-state index contributed by atoms with van der Waals surface area (Å²) in [6.45, 7) is 9.81. The van der Waals surface area contributed by atoms with Gasteiger partial charge in [0, 0.05) is 0 Å². The predicted molar refractivity (Wildman–Crippen MR) is 108 cm³/mol. The van der Waals surface area contributed by atoms with Gasteiger partial charge in [-0.25, -0.2) is 0 Å². The fourth-order valence-electron chi connectivity index (χ4n) is 2.58. The van der Waals surface area contributed by atoms with Gasteiger partial charge in [-0.1, -0.05) is 51.1 Å². The number of benzene rings is 2. The molecule has 150 valence electrons. The molecule has 2 amide bonds. The van der Waals surface area contributed by atoms with Crippen molar-refractivity contribution in [3.8, 4) is 11.5 Å². The highest BCUT2D eigenvalue weighted by molar-refractivity contribution is 5.83. The first-order valence-corrected chi connectivity index (χ1v) is 9.17. The van der Waals surface area contributed by atoms with Crippen LogP contribution >= 0.6 is 0 Å². The molecule has 0 aromatic heterocycles. The molecule has 2 rings (SSSR count). The van der Waals surface area contributed by atoms with Crippen LogP contribution in [0.3, 0.4) is 0 Å². The minimum absolute atomic E-state index is 0.0547. The van der Waals surface area contributed by atoms with E-state index in [0.29, 0.717) is 11.5 Å². The van der Waals surface area contributed by atoms with Crippen LogP contribution in [0.2, 0.25) is 0 Å². The van der Waals surface area contributed by atoms with Crippen molar-refractivity contribution < 1.29 is 19.1 Å². The van der Waals surface area contributed by atoms with Crippen LogP contribution in [0.15, 0.2) is 42.5 Å². The fourth-order valence-corrected chi connectivity index (χ4v) is 2.58. The quantitative estimate of drug-likeness (QED) is 0.750. The maximum Gasteiger partial charge on any atom is 0.276 e. The van der Waals surface area contributed by atoms with E-state index in [1.807, 2.05) is 56.3 Å². The Hall–Kier alpha value is -3.02. The summed E-state index contributed by atoms with van der Waals surface area (Å²) in [5.41, 5.74) is 7.75. The third-order valence-corrected chi connectivity index (χ3v) is 4.19. The molecule has 2 aromatic carbocycles. The number of ether oxygens (including phenoxy) is 2. The SMILES string of the molecule is Cc1cccc(C)c1OCC(=O)NNC(=O)COc1ccc(C(C)(C)C)cc1. The Bertz CT molecular complexity index is 803. The number of carbonyl (C=O) groups excluding carboxylic acids is 2. The van der Waals surface area contributed by atoms with Gasteiger partial charge in [-0.15, -0.1) is 0 Å². The number of hydrogen-bond acceptors (Lipinski definition) is 4. The number of para-hydroxylation sites is 1. The molecule has 2 aromatic rings. The molecule has 0 saturated heterocycles. The summed E-state index contributed by atoms with van der Waals surface area (Å²) >= 11 is 0. The molecule has 0 radical (unpaired) electrons. The van der Waals surface area contributed by atoms with Crippen LogP contribution < -0.4 is 20.3 Å². The van der Waals surface area contributed by atoms with Crippen molar-refractivity contribution in [2.24, 2.45) is 0 Å². The van der Waals surface area contributed by atoms with Gasteiger partial charge in [-0.2, -0.15) is 0 Å². The van der Waals surface area contributed by atoms with Gasteiger partial charge in [0.1, 0.15) is 11.5 Å². The number of carbonyl (C=O) groups is 2. The van der Waals surface area contributed by atoms with E-state index in [1.165, 1.54) is 5.56 Å². The van der Waals surface area contributed by atoms with Gasteiger partial charge in [0.15, 0.2) is 13.2 Å². The number of rotatable bonds is 6. The number of amides is 2. The van der Waals surface area contributed by atoms with E-state index in [9.17, 15) is 9.59 Å². The van der Waals surface area contributed by atoms with Crippen LogP contribution in [0, 0.1) is 13.8 Å². The average molecular weight is 384 g/mol. The van der Waals surface area contributed by atoms with Gasteiger partial charge in [-0.3, -0.25) is 20.4 Å². The van der Waals surface area contributed by atoms with Gasteiger partial charge < -0.3 is 9.47 Å². The minimum Gasteiger partial charge on any atom is -0.484 e. The molecule has 6 nitrogen and oxygen atoms in total. The highest BCUT2D eigenvalue weighted by atomic mass is 16.5. The van der Waals surface area contributed by atoms with Crippen LogP contribution in [0.25, 0.3) is 0 Å². The van der Waals surface area contributed by atoms with Crippen molar-refractivity contribution in [2.75, 3.05) is 13.2 Å². The van der Waals surface area contributed by atoms with Crippen molar-refractivity contribution in [2.45, 2.75) is 40.0 Å². The van der Waals surface area contributed by atoms with Gasteiger partial charge in [-0.05, 0) is 48.1 Å². The zero-order chi connectivity index (χ0) is 20.7. The summed E-state index contributed by atoms with van der Waals surface area (Å²) in [5.74, 6) is 0.352. The second-order valence-corrected chi connectivity index (χ2v) is 7.67. The number of nitrogens with one attached hydrogen (secondary N) is 2. The molecule has 0 unspecified atom stereocenters. The standard InChI is InChI=1S/C22H28N2O4/c1-15-7-6-8-16(2)21(15)28-14-20(26)24-23-19(25)13-27-18-11-9-17(10-12-18)22(3,4)5/h6-12H,13-14H2,1-5H3,(H,23,25)(H,24,26). The Morgan fingerprint density at radius 3 is 1.82 bits per heavy atom. The zero-order valence-corrected chi connectivity index (χ0v) is 17.1. The van der Waals surface area contributed by atoms with Crippen molar-refractivity contribution in [1.29, 1.82) is 0 Å². The third-order valence-electron chi connectivity index (χ3n) is 4.19. The summed E-state index contributed by atoms with van der Waals surface area (Å²) < 4.78 is 11.0. The van der Waals surface area contributed by atoms with E-state index < -0.39 is 11.8 Å². The third kappa shape index (κ3) is 6.30. The summed E-state index contributed by atoms with van der Waals surface area (Å²) in [5, 5.41) is 0. The molecule has 0 aliphatic carbocycles. The number of hydrogen-bond donors (Lipinski definition) is 2. The predicted octanol–water partition coefficient (Wildman–Crippen LogP) is 3.21. The molecule has 0 bridgehead atoms. The molecular formula is C22H28N2O4. The largest absolute Gasteiger partial charge is 0.484 e. The summed E-state index contributed by atoms with van der Waals surface area (Å²) in [7, 11) is 0. The topological polar surface area (TPSA) is 76.7 Å². The second-order valence-electron chi connectivity index (χ2n) is 7.67. The Labute approximate surface area is 166 Å². The first-order valence-electron chi connectivity index (χ1n) is 9.17. The molecule has 2 N–H and O–H groups in total. The van der Waals surface area contributed by atoms with E-state index in [0.717, 1.165) is 11.1 Å². The fraction of sp³-hybridized carbons (Fsp3) is 0.364. The van der Waals surface area contributed by atoms with Crippen molar-refractivity contribution in [3.05, 3.63) is 59.2 Å². The Morgan fingerprint density at radius 1 is 0.821 bits per heavy atom. The van der Waals surface area contributed by atoms with Crippen LogP contribution in [-0.2, 0) is 15.0 Å². The van der Waals surface area contributed by atoms with E-state index in [-0.39, 0.29) is 18.6 Å². The number of hydrazine groups is 1. The molecule has 6 heteroatoms. The first-order chi connectivity index (χ1) is 13.2. The molecule has 0 heterocycles. The van der Waals surface area contributed by atoms with Crippen LogP contribution in [0.1, 0.15) is 37.5 Å². The van der Waals surface area contributed by atoms with E-state index >= 15 is 0 Å². The first kappa shape index (κ1) is 21.3. The van der Waals surface area contributed by atoms with Crippen LogP contribution in [-0.4, -0.2) is 25.0 Å². The normalized spacial score (nSPS) is 10.9. The Kier molecular flexibility index (Phi) is 7.04. The van der Waals surface area contributed by atoms with Crippen molar-refractivity contribution in [3.63, 3.8) is 0 Å². The lowest BCUT2D eigenvalue weighted by Gasteiger charge is -2.19. The van der Waals surface area contributed by atoms with Gasteiger partial charge in [0.2, 0.25) is 0 Å². The Balaban J connectivity index is 1.72. The minimum atomic E-state index is -0.458. The van der Waals surface area contributed by atoms with E-state index in [1.54, 1.807) is 0 Å². The molecule has 0 fully saturated rings. The van der Waals surface area contributed by atoms with Crippen LogP contribution in [0.5, 0.6) is 11.5 Å². The smallest absolute Gasteiger partial charge is 0.276 e. The lowest BCUT2D eigenvalue weighted by Crippen LogP contribution is -2.45. The molecule has 0 atom stereocenters. The van der Waals surface area contributed by atoms with E-state index in [4.69, 9.17) is 9.47 Å². The lowest BCUT2D eigenvalue weighted by molar-refractivity contribution is -0.131. The maximum absolute atomic E-state index is 11.9. The summed E-state index contributed by atoms with van der Waals surface area (Å²) in [6, 6.07) is 13.3. The van der Waals surface area contributed by atoms with E-state index in [2.05, 4.69) is 31.6 Å².